The number of hydrogen-bond donors (Lipinski definition) is 0. The zero-order valence-electron chi connectivity index (χ0n) is 13.4. The number of hydrogen-bond acceptors (Lipinski definition) is 2. The molecule has 0 fully saturated rings. The van der Waals surface area contributed by atoms with Gasteiger partial charge in [-0.3, -0.25) is 14.6 Å². The molecule has 0 N–H and O–H groups in total. The van der Waals surface area contributed by atoms with Gasteiger partial charge >= 0.3 is 0 Å². The van der Waals surface area contributed by atoms with Crippen LogP contribution in [0.5, 0.6) is 0 Å². The summed E-state index contributed by atoms with van der Waals surface area (Å²) < 4.78 is 1.07. The van der Waals surface area contributed by atoms with Crippen molar-refractivity contribution in [2.75, 3.05) is 18.6 Å². The molecule has 0 spiro atoms. The Morgan fingerprint density at radius 2 is 1.71 bits per heavy atom. The van der Waals surface area contributed by atoms with Crippen molar-refractivity contribution < 1.29 is 4.79 Å². The monoisotopic (exact) mass is 380 g/mol. The predicted octanol–water partition coefficient (Wildman–Crippen LogP) is 4.65. The lowest BCUT2D eigenvalue weighted by atomic mass is 10.1. The van der Waals surface area contributed by atoms with Gasteiger partial charge in [-0.25, -0.2) is 0 Å². The van der Waals surface area contributed by atoms with E-state index in [1.54, 1.807) is 0 Å². The van der Waals surface area contributed by atoms with Gasteiger partial charge in [0, 0.05) is 22.0 Å². The Balaban J connectivity index is 1.58. The summed E-state index contributed by atoms with van der Waals surface area (Å²) in [6.07, 6.45) is 0. The van der Waals surface area contributed by atoms with Crippen molar-refractivity contribution >= 4 is 38.3 Å². The summed E-state index contributed by atoms with van der Waals surface area (Å²) in [6.45, 7) is 1.37. The van der Waals surface area contributed by atoms with Gasteiger partial charge in [-0.15, -0.1) is 0 Å². The van der Waals surface area contributed by atoms with Crippen LogP contribution < -0.4 is 4.90 Å². The topological polar surface area (TPSA) is 23.6 Å². The highest BCUT2D eigenvalue weighted by Gasteiger charge is 2.29. The third-order valence-corrected chi connectivity index (χ3v) is 4.93. The number of carbonyl (C=O) groups is 1. The quantitative estimate of drug-likeness (QED) is 0.657. The Morgan fingerprint density at radius 1 is 1.00 bits per heavy atom. The summed E-state index contributed by atoms with van der Waals surface area (Å²) in [5, 5.41) is 2.19. The molecule has 0 aromatic heterocycles. The lowest BCUT2D eigenvalue weighted by Gasteiger charge is -2.25. The molecule has 1 aliphatic rings. The van der Waals surface area contributed by atoms with Gasteiger partial charge in [0.15, 0.2) is 0 Å². The molecule has 3 aromatic carbocycles. The van der Waals surface area contributed by atoms with E-state index in [4.69, 9.17) is 0 Å². The summed E-state index contributed by atoms with van der Waals surface area (Å²) >= 11 is 3.46. The Morgan fingerprint density at radius 3 is 2.46 bits per heavy atom. The Hall–Kier alpha value is -2.17. The van der Waals surface area contributed by atoms with Crippen LogP contribution in [0.1, 0.15) is 15.9 Å². The van der Waals surface area contributed by atoms with Crippen LogP contribution in [-0.2, 0) is 6.54 Å². The summed E-state index contributed by atoms with van der Waals surface area (Å²) in [4.78, 5) is 16.8. The van der Waals surface area contributed by atoms with E-state index in [2.05, 4.69) is 45.1 Å². The van der Waals surface area contributed by atoms with E-state index in [0.717, 1.165) is 33.0 Å². The van der Waals surface area contributed by atoms with Gasteiger partial charge in [-0.2, -0.15) is 0 Å². The van der Waals surface area contributed by atoms with Crippen molar-refractivity contribution in [3.8, 4) is 0 Å². The van der Waals surface area contributed by atoms with Crippen molar-refractivity contribution in [1.29, 1.82) is 0 Å². The summed E-state index contributed by atoms with van der Waals surface area (Å²) in [7, 11) is 2.04. The van der Waals surface area contributed by atoms with Gasteiger partial charge < -0.3 is 0 Å². The molecule has 3 nitrogen and oxygen atoms in total. The molecule has 4 heteroatoms. The number of benzene rings is 3. The highest BCUT2D eigenvalue weighted by atomic mass is 79.9. The van der Waals surface area contributed by atoms with E-state index in [1.165, 1.54) is 5.56 Å². The molecule has 0 saturated carbocycles. The van der Waals surface area contributed by atoms with Gasteiger partial charge in [-0.05, 0) is 42.3 Å². The molecular formula is C20H17BrN2O. The predicted molar refractivity (Wildman–Crippen MR) is 101 cm³/mol. The first-order valence-corrected chi connectivity index (χ1v) is 8.69. The second kappa shape index (κ2) is 6.04. The summed E-state index contributed by atoms with van der Waals surface area (Å²) in [5.41, 5.74) is 3.04. The zero-order chi connectivity index (χ0) is 16.7. The van der Waals surface area contributed by atoms with Gasteiger partial charge in [-0.1, -0.05) is 52.3 Å². The van der Waals surface area contributed by atoms with Crippen LogP contribution in [0.3, 0.4) is 0 Å². The summed E-state index contributed by atoms with van der Waals surface area (Å²) in [6, 6.07) is 20.3. The minimum atomic E-state index is 0.0875. The van der Waals surface area contributed by atoms with Crippen LogP contribution in [0.2, 0.25) is 0 Å². The molecule has 0 unspecified atom stereocenters. The second-order valence-corrected chi connectivity index (χ2v) is 7.11. The van der Waals surface area contributed by atoms with Crippen LogP contribution in [-0.4, -0.2) is 24.5 Å². The molecule has 24 heavy (non-hydrogen) atoms. The minimum Gasteiger partial charge on any atom is -0.294 e. The molecule has 1 heterocycles. The second-order valence-electron chi connectivity index (χ2n) is 6.20. The largest absolute Gasteiger partial charge is 0.294 e. The molecule has 0 aliphatic carbocycles. The maximum Gasteiger partial charge on any atom is 0.260 e. The zero-order valence-corrected chi connectivity index (χ0v) is 15.0. The van der Waals surface area contributed by atoms with Gasteiger partial charge in [0.1, 0.15) is 0 Å². The van der Waals surface area contributed by atoms with E-state index >= 15 is 0 Å². The fourth-order valence-electron chi connectivity index (χ4n) is 3.31. The van der Waals surface area contributed by atoms with Crippen molar-refractivity contribution in [3.05, 3.63) is 76.3 Å². The van der Waals surface area contributed by atoms with E-state index in [9.17, 15) is 4.79 Å². The van der Waals surface area contributed by atoms with Crippen molar-refractivity contribution in [3.63, 3.8) is 0 Å². The van der Waals surface area contributed by atoms with Crippen LogP contribution in [0.4, 0.5) is 5.69 Å². The first-order chi connectivity index (χ1) is 11.6. The lowest BCUT2D eigenvalue weighted by Crippen LogP contribution is -2.37. The molecule has 1 amide bonds. The Labute approximate surface area is 149 Å². The van der Waals surface area contributed by atoms with Crippen LogP contribution in [0.25, 0.3) is 10.8 Å². The van der Waals surface area contributed by atoms with Crippen LogP contribution in [0, 0.1) is 0 Å². The highest BCUT2D eigenvalue weighted by molar-refractivity contribution is 9.10. The molecule has 0 bridgehead atoms. The normalized spacial score (nSPS) is 13.3. The highest BCUT2D eigenvalue weighted by Crippen LogP contribution is 2.37. The van der Waals surface area contributed by atoms with Crippen LogP contribution >= 0.6 is 15.9 Å². The van der Waals surface area contributed by atoms with Crippen LogP contribution in [0.15, 0.2) is 65.1 Å². The van der Waals surface area contributed by atoms with E-state index in [0.29, 0.717) is 6.67 Å². The first-order valence-electron chi connectivity index (χ1n) is 7.90. The average molecular weight is 381 g/mol. The van der Waals surface area contributed by atoms with Crippen molar-refractivity contribution in [2.24, 2.45) is 0 Å². The molecule has 0 saturated heterocycles. The molecule has 120 valence electrons. The average Bonchev–Trinajstić information content (AvgIpc) is 2.85. The Kier molecular flexibility index (Phi) is 3.87. The molecule has 0 radical (unpaired) electrons. The number of carbonyl (C=O) groups excluding carboxylic acids is 1. The third kappa shape index (κ3) is 2.62. The molecule has 1 aliphatic heterocycles. The maximum atomic E-state index is 12.8. The Bertz CT molecular complexity index is 915. The SMILES string of the molecule is CN(Cc1ccc(Br)cc1)CN1C(=O)c2cccc3cccc1c23. The molecular weight excluding hydrogens is 364 g/mol. The molecule has 3 aromatic rings. The standard InChI is InChI=1S/C20H17BrN2O/c1-22(12-14-8-10-16(21)11-9-14)13-23-18-7-3-5-15-4-2-6-17(19(15)18)20(23)24/h2-11H,12-13H2,1H3. The minimum absolute atomic E-state index is 0.0875. The fraction of sp³-hybridized carbons (Fsp3) is 0.150. The number of amides is 1. The fourth-order valence-corrected chi connectivity index (χ4v) is 3.58. The third-order valence-electron chi connectivity index (χ3n) is 4.40. The molecule has 4 rings (SSSR count). The number of halogens is 1. The smallest absolute Gasteiger partial charge is 0.260 e. The first kappa shape index (κ1) is 15.4. The van der Waals surface area contributed by atoms with E-state index < -0.39 is 0 Å². The maximum absolute atomic E-state index is 12.8. The van der Waals surface area contributed by atoms with E-state index in [-0.39, 0.29) is 5.91 Å². The summed E-state index contributed by atoms with van der Waals surface area (Å²) in [5.74, 6) is 0.0875. The van der Waals surface area contributed by atoms with Gasteiger partial charge in [0.2, 0.25) is 0 Å². The number of nitrogens with zero attached hydrogens (tertiary/aromatic N) is 2. The number of rotatable bonds is 4. The lowest BCUT2D eigenvalue weighted by molar-refractivity contribution is 0.0977. The van der Waals surface area contributed by atoms with E-state index in [1.807, 2.05) is 48.3 Å². The van der Waals surface area contributed by atoms with Gasteiger partial charge in [0.05, 0.1) is 12.4 Å². The van der Waals surface area contributed by atoms with Crippen molar-refractivity contribution in [1.82, 2.24) is 4.90 Å². The molecule has 0 atom stereocenters. The van der Waals surface area contributed by atoms with Gasteiger partial charge in [0.25, 0.3) is 5.91 Å². The number of anilines is 1. The van der Waals surface area contributed by atoms with Crippen molar-refractivity contribution in [2.45, 2.75) is 6.54 Å².